The fourth-order valence-electron chi connectivity index (χ4n) is 4.40. The van der Waals surface area contributed by atoms with E-state index < -0.39 is 0 Å². The standard InChI is InChI=1S/C24H29N3O/c1-16-7-6-8-21(13-16)27-12-11-26(15-17(27)2)24(28)20-9-10-23-22(14-20)18(3)19(4)25(23)5/h6-10,13-14,17H,11-12,15H2,1-5H3/t17-/m0/s1. The summed E-state index contributed by atoms with van der Waals surface area (Å²) < 4.78 is 2.20. The number of aryl methyl sites for hydroxylation is 3. The summed E-state index contributed by atoms with van der Waals surface area (Å²) in [5.41, 5.74) is 6.99. The van der Waals surface area contributed by atoms with Gasteiger partial charge in [-0.3, -0.25) is 4.79 Å². The number of anilines is 1. The number of hydrogen-bond acceptors (Lipinski definition) is 2. The molecule has 28 heavy (non-hydrogen) atoms. The summed E-state index contributed by atoms with van der Waals surface area (Å²) >= 11 is 0. The smallest absolute Gasteiger partial charge is 0.254 e. The van der Waals surface area contributed by atoms with Crippen molar-refractivity contribution in [3.05, 3.63) is 64.8 Å². The normalized spacial score (nSPS) is 17.4. The highest BCUT2D eigenvalue weighted by Gasteiger charge is 2.28. The second kappa shape index (κ2) is 7.01. The maximum absolute atomic E-state index is 13.2. The van der Waals surface area contributed by atoms with Crippen molar-refractivity contribution in [2.24, 2.45) is 7.05 Å². The number of carbonyl (C=O) groups excluding carboxylic acids is 1. The minimum atomic E-state index is 0.138. The first-order chi connectivity index (χ1) is 13.4. The SMILES string of the molecule is Cc1cccc(N2CCN(C(=O)c3ccc4c(c3)c(C)c(C)n4C)C[C@@H]2C)c1. The summed E-state index contributed by atoms with van der Waals surface area (Å²) in [6.45, 7) is 11.0. The molecule has 1 aromatic heterocycles. The van der Waals surface area contributed by atoms with Crippen LogP contribution in [-0.2, 0) is 7.05 Å². The minimum Gasteiger partial charge on any atom is -0.365 e. The van der Waals surface area contributed by atoms with Gasteiger partial charge in [0.25, 0.3) is 5.91 Å². The molecule has 1 aliphatic rings. The number of piperazine rings is 1. The van der Waals surface area contributed by atoms with Crippen LogP contribution in [0.5, 0.6) is 0 Å². The van der Waals surface area contributed by atoms with Crippen LogP contribution in [0.25, 0.3) is 10.9 Å². The number of hydrogen-bond donors (Lipinski definition) is 0. The lowest BCUT2D eigenvalue weighted by Crippen LogP contribution is -2.53. The van der Waals surface area contributed by atoms with Gasteiger partial charge in [0.1, 0.15) is 0 Å². The van der Waals surface area contributed by atoms with E-state index in [-0.39, 0.29) is 5.91 Å². The van der Waals surface area contributed by atoms with E-state index in [1.807, 2.05) is 11.0 Å². The molecule has 0 saturated carbocycles. The molecule has 0 radical (unpaired) electrons. The number of nitrogens with zero attached hydrogens (tertiary/aromatic N) is 3. The molecule has 2 heterocycles. The number of fused-ring (bicyclic) bond motifs is 1. The highest BCUT2D eigenvalue weighted by molar-refractivity contribution is 5.99. The van der Waals surface area contributed by atoms with Crippen LogP contribution in [0.3, 0.4) is 0 Å². The highest BCUT2D eigenvalue weighted by Crippen LogP contribution is 2.27. The van der Waals surface area contributed by atoms with E-state index >= 15 is 0 Å². The van der Waals surface area contributed by atoms with Crippen LogP contribution in [0.2, 0.25) is 0 Å². The minimum absolute atomic E-state index is 0.138. The summed E-state index contributed by atoms with van der Waals surface area (Å²) in [4.78, 5) is 17.6. The van der Waals surface area contributed by atoms with Crippen molar-refractivity contribution in [2.75, 3.05) is 24.5 Å². The second-order valence-electron chi connectivity index (χ2n) is 8.13. The van der Waals surface area contributed by atoms with Gasteiger partial charge in [0.15, 0.2) is 0 Å². The average molecular weight is 376 g/mol. The highest BCUT2D eigenvalue weighted by atomic mass is 16.2. The van der Waals surface area contributed by atoms with Crippen molar-refractivity contribution in [3.63, 3.8) is 0 Å². The van der Waals surface area contributed by atoms with Gasteiger partial charge in [-0.25, -0.2) is 0 Å². The zero-order chi connectivity index (χ0) is 20.0. The lowest BCUT2D eigenvalue weighted by molar-refractivity contribution is 0.0726. The molecule has 0 bridgehead atoms. The fraction of sp³-hybridized carbons (Fsp3) is 0.375. The summed E-state index contributed by atoms with van der Waals surface area (Å²) in [5, 5.41) is 1.18. The van der Waals surface area contributed by atoms with Gasteiger partial charge in [-0.1, -0.05) is 12.1 Å². The van der Waals surface area contributed by atoms with E-state index in [4.69, 9.17) is 0 Å². The first-order valence-electron chi connectivity index (χ1n) is 10.0. The molecule has 0 N–H and O–H groups in total. The third-order valence-corrected chi connectivity index (χ3v) is 6.30. The largest absolute Gasteiger partial charge is 0.365 e. The molecule has 4 rings (SSSR count). The monoisotopic (exact) mass is 375 g/mol. The molecular weight excluding hydrogens is 346 g/mol. The second-order valence-corrected chi connectivity index (χ2v) is 8.13. The molecule has 1 amide bonds. The van der Waals surface area contributed by atoms with Gasteiger partial charge in [0.05, 0.1) is 0 Å². The zero-order valence-corrected chi connectivity index (χ0v) is 17.5. The Morgan fingerprint density at radius 2 is 1.82 bits per heavy atom. The Kier molecular flexibility index (Phi) is 4.66. The molecule has 1 saturated heterocycles. The summed E-state index contributed by atoms with van der Waals surface area (Å²) in [6, 6.07) is 15.0. The molecule has 1 aliphatic heterocycles. The summed E-state index contributed by atoms with van der Waals surface area (Å²) in [6.07, 6.45) is 0. The van der Waals surface area contributed by atoms with E-state index in [9.17, 15) is 4.79 Å². The molecule has 1 fully saturated rings. The van der Waals surface area contributed by atoms with Gasteiger partial charge in [-0.05, 0) is 69.2 Å². The topological polar surface area (TPSA) is 28.5 Å². The van der Waals surface area contributed by atoms with E-state index in [0.717, 1.165) is 25.2 Å². The Morgan fingerprint density at radius 1 is 1.04 bits per heavy atom. The van der Waals surface area contributed by atoms with Crippen LogP contribution >= 0.6 is 0 Å². The maximum atomic E-state index is 13.2. The summed E-state index contributed by atoms with van der Waals surface area (Å²) in [7, 11) is 2.08. The number of aromatic nitrogens is 1. The molecule has 0 spiro atoms. The lowest BCUT2D eigenvalue weighted by Gasteiger charge is -2.41. The molecule has 0 aliphatic carbocycles. The van der Waals surface area contributed by atoms with Crippen molar-refractivity contribution in [2.45, 2.75) is 33.7 Å². The van der Waals surface area contributed by atoms with E-state index in [1.54, 1.807) is 0 Å². The lowest BCUT2D eigenvalue weighted by atomic mass is 10.1. The third-order valence-electron chi connectivity index (χ3n) is 6.30. The Balaban J connectivity index is 1.55. The van der Waals surface area contributed by atoms with Crippen molar-refractivity contribution in [1.82, 2.24) is 9.47 Å². The predicted octanol–water partition coefficient (Wildman–Crippen LogP) is 4.45. The Hall–Kier alpha value is -2.75. The number of rotatable bonds is 2. The molecule has 0 unspecified atom stereocenters. The van der Waals surface area contributed by atoms with E-state index in [0.29, 0.717) is 6.04 Å². The third kappa shape index (κ3) is 3.07. The zero-order valence-electron chi connectivity index (χ0n) is 17.5. The molecule has 3 aromatic rings. The van der Waals surface area contributed by atoms with Gasteiger partial charge in [0.2, 0.25) is 0 Å². The van der Waals surface area contributed by atoms with Crippen LogP contribution in [-0.4, -0.2) is 41.1 Å². The van der Waals surface area contributed by atoms with Gasteiger partial charge in [-0.15, -0.1) is 0 Å². The van der Waals surface area contributed by atoms with Gasteiger partial charge in [-0.2, -0.15) is 0 Å². The van der Waals surface area contributed by atoms with Gasteiger partial charge < -0.3 is 14.4 Å². The number of amides is 1. The van der Waals surface area contributed by atoms with Crippen molar-refractivity contribution in [3.8, 4) is 0 Å². The molecule has 4 nitrogen and oxygen atoms in total. The van der Waals surface area contributed by atoms with Gasteiger partial charge >= 0.3 is 0 Å². The van der Waals surface area contributed by atoms with E-state index in [2.05, 4.69) is 80.6 Å². The van der Waals surface area contributed by atoms with Crippen LogP contribution < -0.4 is 4.90 Å². The van der Waals surface area contributed by atoms with Crippen LogP contribution in [0.1, 0.15) is 34.1 Å². The molecular formula is C24H29N3O. The molecule has 2 aromatic carbocycles. The first kappa shape index (κ1) is 18.6. The molecule has 1 atom stereocenters. The molecule has 146 valence electrons. The van der Waals surface area contributed by atoms with Crippen LogP contribution in [0.15, 0.2) is 42.5 Å². The Morgan fingerprint density at radius 3 is 2.54 bits per heavy atom. The van der Waals surface area contributed by atoms with Gasteiger partial charge in [0, 0.05) is 60.6 Å². The van der Waals surface area contributed by atoms with E-state index in [1.165, 1.54) is 33.4 Å². The Labute approximate surface area is 167 Å². The summed E-state index contributed by atoms with van der Waals surface area (Å²) in [5.74, 6) is 0.138. The predicted molar refractivity (Wildman–Crippen MR) is 116 cm³/mol. The number of benzene rings is 2. The number of carbonyl (C=O) groups is 1. The van der Waals surface area contributed by atoms with Crippen molar-refractivity contribution < 1.29 is 4.79 Å². The molecule has 4 heteroatoms. The average Bonchev–Trinajstić information content (AvgIpc) is 2.91. The van der Waals surface area contributed by atoms with Crippen molar-refractivity contribution >= 4 is 22.5 Å². The quantitative estimate of drug-likeness (QED) is 0.662. The van der Waals surface area contributed by atoms with Crippen molar-refractivity contribution in [1.29, 1.82) is 0 Å². The van der Waals surface area contributed by atoms with Crippen LogP contribution in [0.4, 0.5) is 5.69 Å². The van der Waals surface area contributed by atoms with Crippen LogP contribution in [0, 0.1) is 20.8 Å². The fourth-order valence-corrected chi connectivity index (χ4v) is 4.40. The Bertz CT molecular complexity index is 1050. The first-order valence-corrected chi connectivity index (χ1v) is 10.0. The maximum Gasteiger partial charge on any atom is 0.254 e.